The fraction of sp³-hybridized carbons (Fsp3) is 1.00. The first kappa shape index (κ1) is 16.3. The van der Waals surface area contributed by atoms with Gasteiger partial charge in [0.1, 0.15) is 0 Å². The molecule has 0 bridgehead atoms. The Morgan fingerprint density at radius 3 is 0.778 bits per heavy atom. The standard InChI is InChI=1S/C6H14.C2H6.W/c1-5(2)6(3)4;1-2;/h5-6H,1-4H3;1-2H3;. The van der Waals surface area contributed by atoms with Crippen LogP contribution >= 0.6 is 0 Å². The van der Waals surface area contributed by atoms with Gasteiger partial charge in [0.15, 0.2) is 0 Å². The van der Waals surface area contributed by atoms with Gasteiger partial charge in [0.2, 0.25) is 0 Å². The summed E-state index contributed by atoms with van der Waals surface area (Å²) in [5.74, 6) is 1.70. The predicted molar refractivity (Wildman–Crippen MR) is 41.0 cm³/mol. The minimum atomic E-state index is 0. The topological polar surface area (TPSA) is 0 Å². The zero-order chi connectivity index (χ0) is 7.15. The van der Waals surface area contributed by atoms with E-state index in [1.807, 2.05) is 13.8 Å². The average molecular weight is 300 g/mol. The average Bonchev–Trinajstić information content (AvgIpc) is 1.72. The van der Waals surface area contributed by atoms with Gasteiger partial charge in [-0.15, -0.1) is 0 Å². The molecular formula is C8H20W. The van der Waals surface area contributed by atoms with Gasteiger partial charge in [-0.1, -0.05) is 41.5 Å². The Hall–Kier alpha value is 0.688. The van der Waals surface area contributed by atoms with E-state index in [9.17, 15) is 0 Å². The van der Waals surface area contributed by atoms with Crippen LogP contribution in [-0.4, -0.2) is 0 Å². The summed E-state index contributed by atoms with van der Waals surface area (Å²) in [6, 6.07) is 0. The molecule has 1 heteroatoms. The van der Waals surface area contributed by atoms with E-state index in [2.05, 4.69) is 27.7 Å². The molecule has 0 aromatic heterocycles. The monoisotopic (exact) mass is 300 g/mol. The van der Waals surface area contributed by atoms with Crippen molar-refractivity contribution in [3.63, 3.8) is 0 Å². The van der Waals surface area contributed by atoms with Gasteiger partial charge in [-0.05, 0) is 11.8 Å². The summed E-state index contributed by atoms with van der Waals surface area (Å²) in [6.07, 6.45) is 0. The predicted octanol–water partition coefficient (Wildman–Crippen LogP) is 3.32. The van der Waals surface area contributed by atoms with Crippen molar-refractivity contribution in [1.29, 1.82) is 0 Å². The molecular weight excluding hydrogens is 280 g/mol. The van der Waals surface area contributed by atoms with E-state index < -0.39 is 0 Å². The largest absolute Gasteiger partial charge is 0.0683 e. The SMILES string of the molecule is CC.CC(C)C(C)C.[W]. The maximum atomic E-state index is 2.24. The second-order valence-corrected chi connectivity index (χ2v) is 2.49. The molecule has 9 heavy (non-hydrogen) atoms. The molecule has 0 spiro atoms. The fourth-order valence-corrected chi connectivity index (χ4v) is 0. The minimum Gasteiger partial charge on any atom is -0.0683 e. The van der Waals surface area contributed by atoms with Crippen molar-refractivity contribution in [2.45, 2.75) is 41.5 Å². The molecule has 58 valence electrons. The third-order valence-corrected chi connectivity index (χ3v) is 1.33. The molecule has 0 heterocycles. The minimum absolute atomic E-state index is 0. The summed E-state index contributed by atoms with van der Waals surface area (Å²) >= 11 is 0. The van der Waals surface area contributed by atoms with Crippen LogP contribution < -0.4 is 0 Å². The van der Waals surface area contributed by atoms with E-state index in [4.69, 9.17) is 0 Å². The first-order chi connectivity index (χ1) is 3.64. The van der Waals surface area contributed by atoms with E-state index in [-0.39, 0.29) is 21.1 Å². The van der Waals surface area contributed by atoms with Crippen molar-refractivity contribution < 1.29 is 21.1 Å². The summed E-state index contributed by atoms with van der Waals surface area (Å²) in [6.45, 7) is 13.0. The molecule has 0 aliphatic rings. The van der Waals surface area contributed by atoms with Gasteiger partial charge in [-0.2, -0.15) is 0 Å². The van der Waals surface area contributed by atoms with Crippen molar-refractivity contribution >= 4 is 0 Å². The Balaban J connectivity index is -0.000000109. The van der Waals surface area contributed by atoms with Crippen LogP contribution in [0.1, 0.15) is 41.5 Å². The van der Waals surface area contributed by atoms with Gasteiger partial charge < -0.3 is 0 Å². The molecule has 0 atom stereocenters. The van der Waals surface area contributed by atoms with Crippen LogP contribution in [0.5, 0.6) is 0 Å². The molecule has 0 aliphatic heterocycles. The maximum absolute atomic E-state index is 2.24. The van der Waals surface area contributed by atoms with Gasteiger partial charge in [-0.25, -0.2) is 0 Å². The zero-order valence-corrected chi connectivity index (χ0v) is 10.5. The molecule has 0 saturated carbocycles. The Morgan fingerprint density at radius 1 is 0.667 bits per heavy atom. The van der Waals surface area contributed by atoms with Crippen LogP contribution in [-0.2, 0) is 21.1 Å². The van der Waals surface area contributed by atoms with E-state index in [0.717, 1.165) is 11.8 Å². The molecule has 0 saturated heterocycles. The Kier molecular flexibility index (Phi) is 20.9. The van der Waals surface area contributed by atoms with Crippen molar-refractivity contribution in [3.05, 3.63) is 0 Å². The Labute approximate surface area is 74.7 Å². The molecule has 0 amide bonds. The van der Waals surface area contributed by atoms with Gasteiger partial charge in [0.05, 0.1) is 0 Å². The molecule has 0 fully saturated rings. The summed E-state index contributed by atoms with van der Waals surface area (Å²) < 4.78 is 0. The quantitative estimate of drug-likeness (QED) is 0.697. The fourth-order valence-electron chi connectivity index (χ4n) is 0. The number of hydrogen-bond acceptors (Lipinski definition) is 0. The third-order valence-electron chi connectivity index (χ3n) is 1.33. The first-order valence-corrected chi connectivity index (χ1v) is 3.64. The summed E-state index contributed by atoms with van der Waals surface area (Å²) in [4.78, 5) is 0. The smallest absolute Gasteiger partial charge is 0 e. The zero-order valence-electron chi connectivity index (χ0n) is 7.56. The van der Waals surface area contributed by atoms with E-state index >= 15 is 0 Å². The normalized spacial score (nSPS) is 8.00. The summed E-state index contributed by atoms with van der Waals surface area (Å²) in [5, 5.41) is 0. The maximum Gasteiger partial charge on any atom is 0 e. The van der Waals surface area contributed by atoms with E-state index in [1.165, 1.54) is 0 Å². The Morgan fingerprint density at radius 2 is 0.778 bits per heavy atom. The molecule has 0 radical (unpaired) electrons. The van der Waals surface area contributed by atoms with Gasteiger partial charge in [0.25, 0.3) is 0 Å². The van der Waals surface area contributed by atoms with Crippen LogP contribution in [0.2, 0.25) is 0 Å². The van der Waals surface area contributed by atoms with Crippen LogP contribution in [0.4, 0.5) is 0 Å². The molecule has 0 aromatic rings. The van der Waals surface area contributed by atoms with Crippen LogP contribution in [0, 0.1) is 11.8 Å². The van der Waals surface area contributed by atoms with Crippen molar-refractivity contribution in [2.24, 2.45) is 11.8 Å². The molecule has 0 N–H and O–H groups in total. The van der Waals surface area contributed by atoms with Crippen LogP contribution in [0.3, 0.4) is 0 Å². The molecule has 0 rings (SSSR count). The summed E-state index contributed by atoms with van der Waals surface area (Å²) in [7, 11) is 0. The van der Waals surface area contributed by atoms with Crippen LogP contribution in [0.25, 0.3) is 0 Å². The molecule has 0 aromatic carbocycles. The molecule has 0 unspecified atom stereocenters. The van der Waals surface area contributed by atoms with Gasteiger partial charge in [-0.3, -0.25) is 0 Å². The number of hydrogen-bond donors (Lipinski definition) is 0. The molecule has 0 nitrogen and oxygen atoms in total. The van der Waals surface area contributed by atoms with Gasteiger partial charge >= 0.3 is 0 Å². The van der Waals surface area contributed by atoms with E-state index in [1.54, 1.807) is 0 Å². The van der Waals surface area contributed by atoms with Crippen molar-refractivity contribution in [2.75, 3.05) is 0 Å². The summed E-state index contributed by atoms with van der Waals surface area (Å²) in [5.41, 5.74) is 0. The number of rotatable bonds is 1. The Bertz CT molecular complexity index is 25.5. The van der Waals surface area contributed by atoms with E-state index in [0.29, 0.717) is 0 Å². The second kappa shape index (κ2) is 11.5. The first-order valence-electron chi connectivity index (χ1n) is 3.64. The van der Waals surface area contributed by atoms with Gasteiger partial charge in [0, 0.05) is 21.1 Å². The third kappa shape index (κ3) is 17.7. The second-order valence-electron chi connectivity index (χ2n) is 2.49. The van der Waals surface area contributed by atoms with Crippen molar-refractivity contribution in [1.82, 2.24) is 0 Å². The van der Waals surface area contributed by atoms with Crippen molar-refractivity contribution in [3.8, 4) is 0 Å². The molecule has 0 aliphatic carbocycles. The van der Waals surface area contributed by atoms with Crippen LogP contribution in [0.15, 0.2) is 0 Å².